The molecule has 2 fully saturated rings. The molecule has 2 rings (SSSR count). The molecule has 2 aliphatic rings. The van der Waals surface area contributed by atoms with E-state index in [0.29, 0.717) is 12.6 Å². The molecule has 2 aliphatic heterocycles. The highest BCUT2D eigenvalue weighted by Crippen LogP contribution is 2.14. The number of aliphatic hydroxyl groups is 1. The largest absolute Gasteiger partial charge is 0.396 e. The van der Waals surface area contributed by atoms with E-state index in [4.69, 9.17) is 9.47 Å². The summed E-state index contributed by atoms with van der Waals surface area (Å²) in [5.74, 6) is 0. The number of unbranched alkanes of at least 4 members (excludes halogenated alkanes) is 1. The van der Waals surface area contributed by atoms with Crippen molar-refractivity contribution in [3.8, 4) is 0 Å². The molecule has 0 radical (unpaired) electrons. The summed E-state index contributed by atoms with van der Waals surface area (Å²) in [5, 5.41) is 9.25. The second kappa shape index (κ2) is 9.68. The molecule has 2 saturated heterocycles. The number of hydrogen-bond donors (Lipinski definition) is 1. The van der Waals surface area contributed by atoms with Crippen molar-refractivity contribution in [1.82, 2.24) is 9.80 Å². The van der Waals surface area contributed by atoms with Crippen LogP contribution in [0.25, 0.3) is 0 Å². The van der Waals surface area contributed by atoms with Crippen LogP contribution in [0.4, 0.5) is 0 Å². The first-order valence-corrected chi connectivity index (χ1v) is 8.13. The SMILES string of the molecule is OCCC(CCCCN1CCOCC1)N1CCOCC1. The minimum atomic E-state index is 0.297. The first-order valence-electron chi connectivity index (χ1n) is 8.13. The van der Waals surface area contributed by atoms with Gasteiger partial charge >= 0.3 is 0 Å². The third-order valence-electron chi connectivity index (χ3n) is 4.39. The molecule has 1 N–H and O–H groups in total. The number of rotatable bonds is 8. The molecule has 0 aliphatic carbocycles. The summed E-state index contributed by atoms with van der Waals surface area (Å²) in [7, 11) is 0. The summed E-state index contributed by atoms with van der Waals surface area (Å²) in [5.41, 5.74) is 0. The van der Waals surface area contributed by atoms with Crippen LogP contribution in [0, 0.1) is 0 Å². The monoisotopic (exact) mass is 286 g/mol. The Bertz CT molecular complexity index is 241. The van der Waals surface area contributed by atoms with Crippen LogP contribution in [0.5, 0.6) is 0 Å². The van der Waals surface area contributed by atoms with E-state index in [1.807, 2.05) is 0 Å². The molecule has 1 atom stereocenters. The van der Waals surface area contributed by atoms with Crippen LogP contribution in [-0.2, 0) is 9.47 Å². The molecule has 0 aromatic carbocycles. The smallest absolute Gasteiger partial charge is 0.0594 e. The predicted octanol–water partition coefficient (Wildman–Crippen LogP) is 0.572. The van der Waals surface area contributed by atoms with E-state index in [1.165, 1.54) is 25.8 Å². The molecule has 5 heteroatoms. The van der Waals surface area contributed by atoms with Crippen LogP contribution in [0.3, 0.4) is 0 Å². The summed E-state index contributed by atoms with van der Waals surface area (Å²) < 4.78 is 10.8. The van der Waals surface area contributed by atoms with E-state index in [2.05, 4.69) is 9.80 Å². The Kier molecular flexibility index (Phi) is 7.83. The van der Waals surface area contributed by atoms with Gasteiger partial charge in [-0.05, 0) is 25.8 Å². The molecule has 0 aromatic rings. The van der Waals surface area contributed by atoms with Crippen molar-refractivity contribution >= 4 is 0 Å². The van der Waals surface area contributed by atoms with Crippen molar-refractivity contribution in [1.29, 1.82) is 0 Å². The van der Waals surface area contributed by atoms with Gasteiger partial charge in [-0.25, -0.2) is 0 Å². The van der Waals surface area contributed by atoms with Crippen molar-refractivity contribution in [2.24, 2.45) is 0 Å². The molecule has 20 heavy (non-hydrogen) atoms. The summed E-state index contributed by atoms with van der Waals surface area (Å²) in [6.45, 7) is 9.17. The molecule has 118 valence electrons. The zero-order chi connectivity index (χ0) is 14.0. The minimum Gasteiger partial charge on any atom is -0.396 e. The summed E-state index contributed by atoms with van der Waals surface area (Å²) in [6.07, 6.45) is 4.61. The second-order valence-corrected chi connectivity index (χ2v) is 5.76. The molecule has 0 amide bonds. The first kappa shape index (κ1) is 16.2. The Labute approximate surface area is 122 Å². The average molecular weight is 286 g/mol. The molecule has 5 nitrogen and oxygen atoms in total. The number of ether oxygens (including phenoxy) is 2. The molecule has 0 saturated carbocycles. The fourth-order valence-electron chi connectivity index (χ4n) is 3.14. The molecule has 1 unspecified atom stereocenters. The highest BCUT2D eigenvalue weighted by molar-refractivity contribution is 4.74. The van der Waals surface area contributed by atoms with Gasteiger partial charge in [-0.15, -0.1) is 0 Å². The quantitative estimate of drug-likeness (QED) is 0.661. The van der Waals surface area contributed by atoms with E-state index in [0.717, 1.165) is 59.0 Å². The van der Waals surface area contributed by atoms with Crippen LogP contribution < -0.4 is 0 Å². The predicted molar refractivity (Wildman–Crippen MR) is 79.0 cm³/mol. The van der Waals surface area contributed by atoms with Crippen molar-refractivity contribution in [3.63, 3.8) is 0 Å². The topological polar surface area (TPSA) is 45.2 Å². The van der Waals surface area contributed by atoms with Crippen LogP contribution >= 0.6 is 0 Å². The molecule has 0 aromatic heterocycles. The lowest BCUT2D eigenvalue weighted by atomic mass is 10.0. The Hall–Kier alpha value is -0.200. The number of aliphatic hydroxyl groups excluding tert-OH is 1. The molecular formula is C15H30N2O3. The zero-order valence-corrected chi connectivity index (χ0v) is 12.6. The van der Waals surface area contributed by atoms with Gasteiger partial charge < -0.3 is 14.6 Å². The first-order chi connectivity index (χ1) is 9.90. The number of hydrogen-bond acceptors (Lipinski definition) is 5. The average Bonchev–Trinajstić information content (AvgIpc) is 2.52. The third kappa shape index (κ3) is 5.66. The van der Waals surface area contributed by atoms with Crippen molar-refractivity contribution in [3.05, 3.63) is 0 Å². The maximum atomic E-state index is 9.25. The Morgan fingerprint density at radius 3 is 2.15 bits per heavy atom. The lowest BCUT2D eigenvalue weighted by molar-refractivity contribution is 0.00818. The zero-order valence-electron chi connectivity index (χ0n) is 12.6. The van der Waals surface area contributed by atoms with Gasteiger partial charge in [-0.1, -0.05) is 6.42 Å². The van der Waals surface area contributed by atoms with Gasteiger partial charge in [0.25, 0.3) is 0 Å². The highest BCUT2D eigenvalue weighted by atomic mass is 16.5. The Balaban J connectivity index is 1.60. The van der Waals surface area contributed by atoms with Crippen molar-refractivity contribution in [2.75, 3.05) is 65.8 Å². The number of nitrogens with zero attached hydrogens (tertiary/aromatic N) is 2. The van der Waals surface area contributed by atoms with Crippen molar-refractivity contribution in [2.45, 2.75) is 31.7 Å². The fraction of sp³-hybridized carbons (Fsp3) is 1.00. The lowest BCUT2D eigenvalue weighted by Gasteiger charge is -2.34. The normalized spacial score (nSPS) is 23.9. The van der Waals surface area contributed by atoms with Gasteiger partial charge in [0.2, 0.25) is 0 Å². The lowest BCUT2D eigenvalue weighted by Crippen LogP contribution is -2.44. The molecular weight excluding hydrogens is 256 g/mol. The van der Waals surface area contributed by atoms with Crippen LogP contribution in [-0.4, -0.2) is 86.7 Å². The summed E-state index contributed by atoms with van der Waals surface area (Å²) in [4.78, 5) is 4.99. The van der Waals surface area contributed by atoms with E-state index < -0.39 is 0 Å². The van der Waals surface area contributed by atoms with Gasteiger partial charge in [0.15, 0.2) is 0 Å². The van der Waals surface area contributed by atoms with Gasteiger partial charge in [0.1, 0.15) is 0 Å². The minimum absolute atomic E-state index is 0.297. The fourth-order valence-corrected chi connectivity index (χ4v) is 3.14. The highest BCUT2D eigenvalue weighted by Gasteiger charge is 2.20. The molecule has 0 spiro atoms. The summed E-state index contributed by atoms with van der Waals surface area (Å²) >= 11 is 0. The van der Waals surface area contributed by atoms with Crippen molar-refractivity contribution < 1.29 is 14.6 Å². The van der Waals surface area contributed by atoms with E-state index in [9.17, 15) is 5.11 Å². The maximum Gasteiger partial charge on any atom is 0.0594 e. The van der Waals surface area contributed by atoms with Crippen LogP contribution in [0.2, 0.25) is 0 Å². The van der Waals surface area contributed by atoms with Gasteiger partial charge in [0, 0.05) is 38.8 Å². The van der Waals surface area contributed by atoms with E-state index in [1.54, 1.807) is 0 Å². The Morgan fingerprint density at radius 2 is 1.50 bits per heavy atom. The Morgan fingerprint density at radius 1 is 0.850 bits per heavy atom. The number of morpholine rings is 2. The van der Waals surface area contributed by atoms with Crippen LogP contribution in [0.1, 0.15) is 25.7 Å². The van der Waals surface area contributed by atoms with Gasteiger partial charge in [-0.2, -0.15) is 0 Å². The molecule has 2 heterocycles. The van der Waals surface area contributed by atoms with Gasteiger partial charge in [0.05, 0.1) is 26.4 Å². The molecule has 0 bridgehead atoms. The maximum absolute atomic E-state index is 9.25. The van der Waals surface area contributed by atoms with E-state index in [-0.39, 0.29) is 0 Å². The standard InChI is InChI=1S/C15H30N2O3/c18-10-4-15(17-8-13-20-14-9-17)3-1-2-5-16-6-11-19-12-7-16/h15,18H,1-14H2. The van der Waals surface area contributed by atoms with Crippen LogP contribution in [0.15, 0.2) is 0 Å². The van der Waals surface area contributed by atoms with E-state index >= 15 is 0 Å². The van der Waals surface area contributed by atoms with Gasteiger partial charge in [-0.3, -0.25) is 9.80 Å². The summed E-state index contributed by atoms with van der Waals surface area (Å²) in [6, 6.07) is 0.536. The second-order valence-electron chi connectivity index (χ2n) is 5.76. The third-order valence-corrected chi connectivity index (χ3v) is 4.39.